The molecule has 2 aliphatic rings. The van der Waals surface area contributed by atoms with Crippen molar-refractivity contribution in [3.8, 4) is 0 Å². The summed E-state index contributed by atoms with van der Waals surface area (Å²) in [6, 6.07) is 9.77. The Balaban J connectivity index is 1.58. The molecule has 2 fully saturated rings. The van der Waals surface area contributed by atoms with E-state index in [4.69, 9.17) is 0 Å². The molecule has 3 rings (SSSR count). The Kier molecular flexibility index (Phi) is 3.40. The molecule has 98 valence electrons. The number of nitrogens with one attached hydrogen (secondary N) is 1. The van der Waals surface area contributed by atoms with E-state index in [-0.39, 0.29) is 0 Å². The van der Waals surface area contributed by atoms with Crippen molar-refractivity contribution in [1.82, 2.24) is 10.2 Å². The number of hydrogen-bond donors (Lipinski definition) is 1. The number of fused-ring (bicyclic) bond motifs is 1. The molecule has 0 spiro atoms. The van der Waals surface area contributed by atoms with Crippen molar-refractivity contribution in [1.29, 1.82) is 0 Å². The summed E-state index contributed by atoms with van der Waals surface area (Å²) in [7, 11) is 2.29. The van der Waals surface area contributed by atoms with Gasteiger partial charge in [-0.1, -0.05) is 29.8 Å². The van der Waals surface area contributed by atoms with Crippen molar-refractivity contribution < 1.29 is 0 Å². The van der Waals surface area contributed by atoms with Crippen molar-refractivity contribution in [3.63, 3.8) is 0 Å². The van der Waals surface area contributed by atoms with E-state index < -0.39 is 0 Å². The third-order valence-corrected chi connectivity index (χ3v) is 4.81. The molecular formula is C16H24N2. The van der Waals surface area contributed by atoms with E-state index >= 15 is 0 Å². The van der Waals surface area contributed by atoms with Crippen LogP contribution < -0.4 is 5.32 Å². The van der Waals surface area contributed by atoms with Crippen molar-refractivity contribution in [2.45, 2.75) is 32.4 Å². The first-order valence-corrected chi connectivity index (χ1v) is 7.19. The normalized spacial score (nSPS) is 30.9. The van der Waals surface area contributed by atoms with Crippen LogP contribution in [0.4, 0.5) is 0 Å². The second-order valence-corrected chi connectivity index (χ2v) is 6.20. The molecule has 1 heterocycles. The molecule has 1 aromatic rings. The lowest BCUT2D eigenvalue weighted by molar-refractivity contribution is 0.227. The van der Waals surface area contributed by atoms with Crippen molar-refractivity contribution in [2.24, 2.45) is 11.8 Å². The van der Waals surface area contributed by atoms with Crippen molar-refractivity contribution in [2.75, 3.05) is 20.1 Å². The van der Waals surface area contributed by atoms with Gasteiger partial charge in [-0.15, -0.1) is 0 Å². The van der Waals surface area contributed by atoms with Crippen LogP contribution in [0.5, 0.6) is 0 Å². The first kappa shape index (κ1) is 12.2. The molecule has 3 atom stereocenters. The molecule has 1 saturated heterocycles. The molecule has 0 bridgehead atoms. The van der Waals surface area contributed by atoms with Gasteiger partial charge in [0, 0.05) is 12.6 Å². The van der Waals surface area contributed by atoms with Crippen LogP contribution in [0.1, 0.15) is 24.0 Å². The lowest BCUT2D eigenvalue weighted by Crippen LogP contribution is -2.30. The summed E-state index contributed by atoms with van der Waals surface area (Å²) in [6.45, 7) is 5.75. The molecule has 1 N–H and O–H groups in total. The van der Waals surface area contributed by atoms with Crippen LogP contribution >= 0.6 is 0 Å². The maximum Gasteiger partial charge on any atom is 0.0233 e. The summed E-state index contributed by atoms with van der Waals surface area (Å²) in [5, 5.41) is 3.52. The first-order valence-electron chi connectivity index (χ1n) is 7.19. The second kappa shape index (κ2) is 5.02. The van der Waals surface area contributed by atoms with E-state index in [9.17, 15) is 0 Å². The monoisotopic (exact) mass is 244 g/mol. The van der Waals surface area contributed by atoms with Crippen LogP contribution in [0.2, 0.25) is 0 Å². The summed E-state index contributed by atoms with van der Waals surface area (Å²) in [5.41, 5.74) is 2.79. The molecule has 1 aromatic carbocycles. The highest BCUT2D eigenvalue weighted by Gasteiger charge is 2.38. The quantitative estimate of drug-likeness (QED) is 0.878. The van der Waals surface area contributed by atoms with Gasteiger partial charge >= 0.3 is 0 Å². The summed E-state index contributed by atoms with van der Waals surface area (Å²) in [4.78, 5) is 2.56. The van der Waals surface area contributed by atoms with E-state index in [1.165, 1.54) is 37.1 Å². The minimum atomic E-state index is 0.795. The highest BCUT2D eigenvalue weighted by Crippen LogP contribution is 2.36. The van der Waals surface area contributed by atoms with E-state index in [0.717, 1.165) is 24.4 Å². The molecule has 0 unspecified atom stereocenters. The molecule has 18 heavy (non-hydrogen) atoms. The summed E-state index contributed by atoms with van der Waals surface area (Å²) < 4.78 is 0. The molecular weight excluding hydrogens is 220 g/mol. The van der Waals surface area contributed by atoms with Gasteiger partial charge in [0.15, 0.2) is 0 Å². The van der Waals surface area contributed by atoms with Crippen LogP contribution in [0.3, 0.4) is 0 Å². The molecule has 1 saturated carbocycles. The fourth-order valence-electron chi connectivity index (χ4n) is 3.60. The minimum absolute atomic E-state index is 0.795. The fourth-order valence-corrected chi connectivity index (χ4v) is 3.60. The zero-order valence-corrected chi connectivity index (χ0v) is 11.5. The number of nitrogens with zero attached hydrogens (tertiary/aromatic N) is 1. The van der Waals surface area contributed by atoms with Crippen LogP contribution in [0.25, 0.3) is 0 Å². The number of hydrogen-bond acceptors (Lipinski definition) is 2. The van der Waals surface area contributed by atoms with Gasteiger partial charge < -0.3 is 5.32 Å². The Morgan fingerprint density at radius 3 is 2.33 bits per heavy atom. The van der Waals surface area contributed by atoms with Gasteiger partial charge in [-0.05, 0) is 57.3 Å². The topological polar surface area (TPSA) is 15.3 Å². The lowest BCUT2D eigenvalue weighted by Gasteiger charge is -2.25. The number of rotatable bonds is 3. The average molecular weight is 244 g/mol. The summed E-state index contributed by atoms with van der Waals surface area (Å²) in [5.74, 6) is 1.88. The van der Waals surface area contributed by atoms with E-state index in [1.807, 2.05) is 0 Å². The molecule has 2 heteroatoms. The third-order valence-electron chi connectivity index (χ3n) is 4.81. The largest absolute Gasteiger partial charge is 0.316 e. The number of aryl methyl sites for hydroxylation is 1. The third kappa shape index (κ3) is 2.45. The van der Waals surface area contributed by atoms with E-state index in [0.29, 0.717) is 0 Å². The fraction of sp³-hybridized carbons (Fsp3) is 0.625. The molecule has 0 aromatic heterocycles. The van der Waals surface area contributed by atoms with Gasteiger partial charge in [-0.3, -0.25) is 4.90 Å². The molecule has 1 aliphatic carbocycles. The van der Waals surface area contributed by atoms with Gasteiger partial charge in [-0.25, -0.2) is 0 Å². The van der Waals surface area contributed by atoms with Crippen LogP contribution in [-0.2, 0) is 6.54 Å². The van der Waals surface area contributed by atoms with Crippen molar-refractivity contribution >= 4 is 0 Å². The van der Waals surface area contributed by atoms with Crippen LogP contribution in [0, 0.1) is 18.8 Å². The maximum absolute atomic E-state index is 3.52. The highest BCUT2D eigenvalue weighted by atomic mass is 15.1. The Bertz CT molecular complexity index is 386. The van der Waals surface area contributed by atoms with Crippen LogP contribution in [0.15, 0.2) is 24.3 Å². The maximum atomic E-state index is 3.52. The Morgan fingerprint density at radius 2 is 1.72 bits per heavy atom. The Morgan fingerprint density at radius 1 is 1.11 bits per heavy atom. The first-order chi connectivity index (χ1) is 8.72. The number of benzene rings is 1. The zero-order valence-electron chi connectivity index (χ0n) is 11.5. The molecule has 0 radical (unpaired) electrons. The Labute approximate surface area is 110 Å². The van der Waals surface area contributed by atoms with Gasteiger partial charge in [0.05, 0.1) is 0 Å². The lowest BCUT2D eigenvalue weighted by atomic mass is 10.0. The van der Waals surface area contributed by atoms with Crippen LogP contribution in [-0.4, -0.2) is 31.1 Å². The predicted molar refractivity (Wildman–Crippen MR) is 75.5 cm³/mol. The van der Waals surface area contributed by atoms with Crippen molar-refractivity contribution in [3.05, 3.63) is 35.4 Å². The van der Waals surface area contributed by atoms with Gasteiger partial charge in [0.1, 0.15) is 0 Å². The SMILES string of the molecule is Cc1ccc(CN(C)[C@H]2C[C@H]3CNC[C@H]3C2)cc1. The molecule has 2 nitrogen and oxygen atoms in total. The Hall–Kier alpha value is -0.860. The zero-order chi connectivity index (χ0) is 12.5. The predicted octanol–water partition coefficient (Wildman–Crippen LogP) is 2.42. The summed E-state index contributed by atoms with van der Waals surface area (Å²) in [6.07, 6.45) is 2.78. The van der Waals surface area contributed by atoms with E-state index in [2.05, 4.69) is 48.5 Å². The summed E-state index contributed by atoms with van der Waals surface area (Å²) >= 11 is 0. The minimum Gasteiger partial charge on any atom is -0.316 e. The standard InChI is InChI=1S/C16H24N2/c1-12-3-5-13(6-4-12)11-18(2)16-7-14-9-17-10-15(14)8-16/h3-6,14-17H,7-11H2,1-2H3/t14-,15+,16-. The van der Waals surface area contributed by atoms with Gasteiger partial charge in [-0.2, -0.15) is 0 Å². The molecule has 0 amide bonds. The molecule has 1 aliphatic heterocycles. The average Bonchev–Trinajstić information content (AvgIpc) is 2.92. The second-order valence-electron chi connectivity index (χ2n) is 6.20. The van der Waals surface area contributed by atoms with Gasteiger partial charge in [0.2, 0.25) is 0 Å². The van der Waals surface area contributed by atoms with Gasteiger partial charge in [0.25, 0.3) is 0 Å². The smallest absolute Gasteiger partial charge is 0.0233 e. The highest BCUT2D eigenvalue weighted by molar-refractivity contribution is 5.21. The van der Waals surface area contributed by atoms with E-state index in [1.54, 1.807) is 0 Å².